The van der Waals surface area contributed by atoms with E-state index in [0.717, 1.165) is 48.7 Å². The number of aromatic nitrogens is 2. The van der Waals surface area contributed by atoms with Crippen molar-refractivity contribution in [2.75, 3.05) is 68.2 Å². The molecule has 0 saturated heterocycles. The number of nitrogens with one attached hydrogen (secondary N) is 1. The fraction of sp³-hybridized carbons (Fsp3) is 0.349. The topological polar surface area (TPSA) is 109 Å². The lowest BCUT2D eigenvalue weighted by atomic mass is 10.0. The first-order valence-corrected chi connectivity index (χ1v) is 20.5. The van der Waals surface area contributed by atoms with Crippen LogP contribution in [0.4, 0.5) is 21.9 Å². The Balaban J connectivity index is 1.89. The number of hydrogen-bond donors (Lipinski definition) is 1. The van der Waals surface area contributed by atoms with Crippen LogP contribution in [0.2, 0.25) is 0 Å². The van der Waals surface area contributed by atoms with Crippen molar-refractivity contribution in [2.24, 2.45) is 0 Å². The van der Waals surface area contributed by atoms with Gasteiger partial charge in [-0.15, -0.1) is 0 Å². The summed E-state index contributed by atoms with van der Waals surface area (Å²) in [4.78, 5) is 26.7. The highest BCUT2D eigenvalue weighted by molar-refractivity contribution is 7.90. The molecule has 5 aromatic rings. The average Bonchev–Trinajstić information content (AvgIpc) is 3.60. The summed E-state index contributed by atoms with van der Waals surface area (Å²) in [5, 5.41) is 0. The summed E-state index contributed by atoms with van der Waals surface area (Å²) in [6, 6.07) is 25.1. The average molecular weight is 767 g/mol. The van der Waals surface area contributed by atoms with E-state index >= 15 is 0 Å². The van der Waals surface area contributed by atoms with E-state index in [1.807, 2.05) is 75.4 Å². The van der Waals surface area contributed by atoms with E-state index in [0.29, 0.717) is 52.8 Å². The molecule has 0 aliphatic carbocycles. The van der Waals surface area contributed by atoms with Crippen molar-refractivity contribution in [1.29, 1.82) is 0 Å². The van der Waals surface area contributed by atoms with Gasteiger partial charge in [-0.1, -0.05) is 42.0 Å². The molecule has 5 rings (SSSR count). The van der Waals surface area contributed by atoms with Crippen molar-refractivity contribution in [2.45, 2.75) is 53.4 Å². The maximum absolute atomic E-state index is 14.9. The summed E-state index contributed by atoms with van der Waals surface area (Å²) in [6.45, 7) is 19.0. The molecular formula is C43H54N6O5S. The SMILES string of the molecule is CCN(CC)c1ccc(-c2nc(-c3cc(OC)cc(OC)c3N(CC)CC)n(C(=O)NS(=O)(=O)c3ccc(C)cc3)c2-c2ccc(N(CC)CC)cc2)cc1. The van der Waals surface area contributed by atoms with Crippen molar-refractivity contribution < 1.29 is 22.7 Å². The van der Waals surface area contributed by atoms with E-state index in [9.17, 15) is 13.2 Å². The molecule has 1 heterocycles. The minimum atomic E-state index is -4.31. The van der Waals surface area contributed by atoms with Gasteiger partial charge in [0.1, 0.15) is 11.5 Å². The van der Waals surface area contributed by atoms with E-state index in [-0.39, 0.29) is 10.7 Å². The smallest absolute Gasteiger partial charge is 0.341 e. The van der Waals surface area contributed by atoms with Gasteiger partial charge >= 0.3 is 6.03 Å². The first kappa shape index (κ1) is 40.7. The normalized spacial score (nSPS) is 11.3. The second kappa shape index (κ2) is 17.8. The van der Waals surface area contributed by atoms with Crippen LogP contribution in [-0.2, 0) is 10.0 Å². The number of rotatable bonds is 16. The molecule has 0 radical (unpaired) electrons. The van der Waals surface area contributed by atoms with E-state index in [4.69, 9.17) is 14.5 Å². The minimum absolute atomic E-state index is 0.0302. The molecule has 292 valence electrons. The number of sulfonamides is 1. The molecule has 0 saturated carbocycles. The standard InChI is InChI=1S/C43H54N6O5S/c1-10-46(11-2)33-22-18-31(19-23-33)39-40(32-20-24-34(25-21-32)47(12-3)13-4)49(43(50)45-55(51,52)36-26-16-30(7)17-27-36)42(44-39)37-28-35(53-8)29-38(54-9)41(37)48(14-5)15-6/h16-29H,10-15H2,1-9H3,(H,45,50). The van der Waals surface area contributed by atoms with Crippen molar-refractivity contribution >= 4 is 33.1 Å². The molecule has 55 heavy (non-hydrogen) atoms. The summed E-state index contributed by atoms with van der Waals surface area (Å²) in [5.74, 6) is 1.23. The molecule has 0 atom stereocenters. The van der Waals surface area contributed by atoms with Gasteiger partial charge in [0, 0.05) is 73.4 Å². The molecule has 0 spiro atoms. The van der Waals surface area contributed by atoms with Crippen LogP contribution in [0.3, 0.4) is 0 Å². The van der Waals surface area contributed by atoms with Gasteiger partial charge in [0.15, 0.2) is 5.82 Å². The molecule has 0 aliphatic heterocycles. The zero-order valence-electron chi connectivity index (χ0n) is 33.5. The van der Waals surface area contributed by atoms with Crippen molar-refractivity contribution in [3.63, 3.8) is 0 Å². The number of carbonyl (C=O) groups excluding carboxylic acids is 1. The van der Waals surface area contributed by atoms with E-state index in [1.54, 1.807) is 32.4 Å². The number of benzene rings is 4. The summed E-state index contributed by atoms with van der Waals surface area (Å²) in [7, 11) is -1.15. The van der Waals surface area contributed by atoms with Gasteiger partial charge in [-0.25, -0.2) is 27.5 Å². The molecule has 1 aromatic heterocycles. The third-order valence-electron chi connectivity index (χ3n) is 10.00. The van der Waals surface area contributed by atoms with Crippen molar-refractivity contribution in [3.8, 4) is 45.4 Å². The maximum atomic E-state index is 14.9. The van der Waals surface area contributed by atoms with E-state index in [1.165, 1.54) is 16.7 Å². The number of carbonyl (C=O) groups is 1. The van der Waals surface area contributed by atoms with Crippen molar-refractivity contribution in [1.82, 2.24) is 14.3 Å². The third kappa shape index (κ3) is 8.44. The number of nitrogens with zero attached hydrogens (tertiary/aromatic N) is 5. The monoisotopic (exact) mass is 766 g/mol. The van der Waals surface area contributed by atoms with Crippen LogP contribution < -0.4 is 28.9 Å². The van der Waals surface area contributed by atoms with Crippen molar-refractivity contribution in [3.05, 3.63) is 90.5 Å². The second-order valence-corrected chi connectivity index (χ2v) is 14.7. The Hall–Kier alpha value is -5.49. The van der Waals surface area contributed by atoms with Crippen LogP contribution in [0, 0.1) is 6.92 Å². The molecule has 12 heteroatoms. The zero-order valence-corrected chi connectivity index (χ0v) is 34.3. The fourth-order valence-electron chi connectivity index (χ4n) is 6.93. The summed E-state index contributed by atoms with van der Waals surface area (Å²) < 4.78 is 43.2. The number of aryl methyl sites for hydroxylation is 1. The maximum Gasteiger partial charge on any atom is 0.341 e. The molecule has 0 aliphatic rings. The van der Waals surface area contributed by atoms with Gasteiger partial charge in [-0.2, -0.15) is 0 Å². The Labute approximate surface area is 326 Å². The van der Waals surface area contributed by atoms with Crippen LogP contribution in [0.1, 0.15) is 47.1 Å². The number of hydrogen-bond acceptors (Lipinski definition) is 9. The lowest BCUT2D eigenvalue weighted by molar-refractivity contribution is 0.248. The number of ether oxygens (including phenoxy) is 2. The van der Waals surface area contributed by atoms with Crippen LogP contribution in [0.5, 0.6) is 11.5 Å². The molecule has 0 bridgehead atoms. The Morgan fingerprint density at radius 3 is 1.67 bits per heavy atom. The highest BCUT2D eigenvalue weighted by Gasteiger charge is 2.31. The van der Waals surface area contributed by atoms with E-state index in [2.05, 4.69) is 47.1 Å². The van der Waals surface area contributed by atoms with Gasteiger partial charge in [-0.05, 0) is 90.9 Å². The molecule has 4 aromatic carbocycles. The number of methoxy groups -OCH3 is 2. The first-order chi connectivity index (χ1) is 26.5. The highest BCUT2D eigenvalue weighted by Crippen LogP contribution is 2.45. The van der Waals surface area contributed by atoms with Gasteiger partial charge in [0.2, 0.25) is 0 Å². The zero-order chi connectivity index (χ0) is 39.9. The fourth-order valence-corrected chi connectivity index (χ4v) is 7.87. The number of amides is 1. The molecule has 0 unspecified atom stereocenters. The lowest BCUT2D eigenvalue weighted by Gasteiger charge is -2.27. The first-order valence-electron chi connectivity index (χ1n) is 19.0. The Morgan fingerprint density at radius 2 is 1.20 bits per heavy atom. The van der Waals surface area contributed by atoms with Gasteiger partial charge in [0.05, 0.1) is 36.2 Å². The van der Waals surface area contributed by atoms with Crippen LogP contribution in [0.15, 0.2) is 89.8 Å². The van der Waals surface area contributed by atoms with Crippen LogP contribution in [0.25, 0.3) is 33.9 Å². The third-order valence-corrected chi connectivity index (χ3v) is 11.3. The summed E-state index contributed by atoms with van der Waals surface area (Å²) in [6.07, 6.45) is 0. The Morgan fingerprint density at radius 1 is 0.691 bits per heavy atom. The van der Waals surface area contributed by atoms with Gasteiger partial charge < -0.3 is 24.2 Å². The molecule has 0 fully saturated rings. The van der Waals surface area contributed by atoms with Gasteiger partial charge in [-0.3, -0.25) is 0 Å². The predicted molar refractivity (Wildman–Crippen MR) is 225 cm³/mol. The Bertz CT molecular complexity index is 2170. The highest BCUT2D eigenvalue weighted by atomic mass is 32.2. The number of anilines is 3. The molecule has 11 nitrogen and oxygen atoms in total. The molecule has 1 N–H and O–H groups in total. The second-order valence-electron chi connectivity index (χ2n) is 13.0. The quantitative estimate of drug-likeness (QED) is 0.106. The predicted octanol–water partition coefficient (Wildman–Crippen LogP) is 8.69. The van der Waals surface area contributed by atoms with Crippen LogP contribution in [-0.4, -0.2) is 77.5 Å². The molecule has 1 amide bonds. The summed E-state index contributed by atoms with van der Waals surface area (Å²) in [5.41, 5.74) is 6.58. The van der Waals surface area contributed by atoms with Crippen LogP contribution >= 0.6 is 0 Å². The Kier molecular flexibility index (Phi) is 13.1. The summed E-state index contributed by atoms with van der Waals surface area (Å²) >= 11 is 0. The largest absolute Gasteiger partial charge is 0.497 e. The van der Waals surface area contributed by atoms with Gasteiger partial charge in [0.25, 0.3) is 10.0 Å². The van der Waals surface area contributed by atoms with E-state index < -0.39 is 16.1 Å². The minimum Gasteiger partial charge on any atom is -0.497 e. The molecular weight excluding hydrogens is 713 g/mol. The number of imidazole rings is 1. The lowest BCUT2D eigenvalue weighted by Crippen LogP contribution is -2.35.